The van der Waals surface area contributed by atoms with Crippen LogP contribution in [0.2, 0.25) is 0 Å². The fraction of sp³-hybridized carbons (Fsp3) is 0.333. The van der Waals surface area contributed by atoms with Gasteiger partial charge in [0.1, 0.15) is 6.54 Å². The first-order chi connectivity index (χ1) is 16.3. The number of esters is 1. The molecule has 0 bridgehead atoms. The topological polar surface area (TPSA) is 71.1 Å². The monoisotopic (exact) mass is 464 g/mol. The molecule has 2 aliphatic rings. The zero-order valence-corrected chi connectivity index (χ0v) is 20.1. The molecule has 0 radical (unpaired) electrons. The normalized spacial score (nSPS) is 19.1. The first kappa shape index (κ1) is 23.6. The van der Waals surface area contributed by atoms with Gasteiger partial charge in [0.05, 0.1) is 38.9 Å². The molecule has 0 saturated heterocycles. The quantitative estimate of drug-likeness (QED) is 0.203. The van der Waals surface area contributed by atoms with Crippen LogP contribution in [0.1, 0.15) is 34.0 Å². The molecular formula is C27H30NO6+. The van der Waals surface area contributed by atoms with Gasteiger partial charge in [-0.05, 0) is 24.1 Å². The molecule has 0 spiro atoms. The highest BCUT2D eigenvalue weighted by atomic mass is 16.7. The van der Waals surface area contributed by atoms with Crippen LogP contribution in [0.5, 0.6) is 17.2 Å². The minimum Gasteiger partial charge on any atom is -0.492 e. The second-order valence-electron chi connectivity index (χ2n) is 8.91. The van der Waals surface area contributed by atoms with E-state index in [1.54, 1.807) is 13.2 Å². The predicted octanol–water partition coefficient (Wildman–Crippen LogP) is 3.94. The molecule has 0 amide bonds. The molecule has 2 aromatic rings. The third kappa shape index (κ3) is 4.70. The van der Waals surface area contributed by atoms with E-state index in [1.807, 2.05) is 56.5 Å². The van der Waals surface area contributed by atoms with Crippen molar-refractivity contribution >= 4 is 17.8 Å². The third-order valence-electron chi connectivity index (χ3n) is 6.31. The number of rotatable bonds is 7. The van der Waals surface area contributed by atoms with E-state index in [0.717, 1.165) is 22.3 Å². The zero-order valence-electron chi connectivity index (χ0n) is 20.1. The van der Waals surface area contributed by atoms with Crippen LogP contribution in [0.25, 0.3) is 6.08 Å². The van der Waals surface area contributed by atoms with Gasteiger partial charge in [-0.1, -0.05) is 48.1 Å². The van der Waals surface area contributed by atoms with E-state index in [1.165, 1.54) is 7.11 Å². The SMILES string of the molecule is COC(=O)C[N+]1(C)CCc2c(c(OC)c3c(c2C(=O)/C=C/C(C)=C/c2ccccc2)OCO3)C1. The first-order valence-electron chi connectivity index (χ1n) is 11.2. The van der Waals surface area contributed by atoms with E-state index in [0.29, 0.717) is 46.8 Å². The van der Waals surface area contributed by atoms with Gasteiger partial charge >= 0.3 is 5.97 Å². The van der Waals surface area contributed by atoms with E-state index in [4.69, 9.17) is 18.9 Å². The number of carbonyl (C=O) groups is 2. The number of nitrogens with zero attached hydrogens (tertiary/aromatic N) is 1. The van der Waals surface area contributed by atoms with Crippen LogP contribution in [0, 0.1) is 0 Å². The maximum absolute atomic E-state index is 13.4. The number of likely N-dealkylation sites (N-methyl/N-ethyl adjacent to an activating group) is 1. The summed E-state index contributed by atoms with van der Waals surface area (Å²) in [4.78, 5) is 25.5. The van der Waals surface area contributed by atoms with Gasteiger partial charge in [-0.3, -0.25) is 4.79 Å². The number of quaternary nitrogens is 1. The smallest absolute Gasteiger partial charge is 0.361 e. The molecule has 178 valence electrons. The van der Waals surface area contributed by atoms with Crippen molar-refractivity contribution in [1.29, 1.82) is 0 Å². The van der Waals surface area contributed by atoms with Crippen LogP contribution in [0.3, 0.4) is 0 Å². The van der Waals surface area contributed by atoms with Gasteiger partial charge in [-0.2, -0.15) is 0 Å². The standard InChI is InChI=1S/C27H30NO6/c1-18(14-19-8-6-5-7-9-19)10-11-22(29)24-20-12-13-28(2,16-23(30)31-3)15-21(20)25(32-4)27-26(24)33-17-34-27/h5-11,14H,12-13,15-17H2,1-4H3/q+1/b11-10+,18-14+. The Kier molecular flexibility index (Phi) is 6.75. The van der Waals surface area contributed by atoms with Crippen molar-refractivity contribution in [1.82, 2.24) is 0 Å². The first-order valence-corrected chi connectivity index (χ1v) is 11.2. The Bertz CT molecular complexity index is 1170. The third-order valence-corrected chi connectivity index (χ3v) is 6.31. The molecule has 1 atom stereocenters. The molecule has 0 aromatic heterocycles. The number of hydrogen-bond donors (Lipinski definition) is 0. The molecule has 7 nitrogen and oxygen atoms in total. The van der Waals surface area contributed by atoms with E-state index in [2.05, 4.69) is 0 Å². The van der Waals surface area contributed by atoms with Crippen molar-refractivity contribution in [2.24, 2.45) is 0 Å². The number of allylic oxidation sites excluding steroid dienone is 3. The van der Waals surface area contributed by atoms with Crippen LogP contribution in [-0.4, -0.2) is 57.4 Å². The Hall–Kier alpha value is -3.58. The lowest BCUT2D eigenvalue weighted by molar-refractivity contribution is -0.917. The molecule has 1 unspecified atom stereocenters. The molecule has 0 aliphatic carbocycles. The molecule has 2 aliphatic heterocycles. The van der Waals surface area contributed by atoms with E-state index in [9.17, 15) is 9.59 Å². The lowest BCUT2D eigenvalue weighted by Crippen LogP contribution is -2.51. The minimum absolute atomic E-state index is 0.0276. The summed E-state index contributed by atoms with van der Waals surface area (Å²) in [6.07, 6.45) is 6.01. The lowest BCUT2D eigenvalue weighted by atomic mass is 9.88. The number of methoxy groups -OCH3 is 2. The van der Waals surface area contributed by atoms with Gasteiger partial charge in [-0.15, -0.1) is 0 Å². The average molecular weight is 465 g/mol. The number of ether oxygens (including phenoxy) is 4. The van der Waals surface area contributed by atoms with Gasteiger partial charge in [0.2, 0.25) is 12.5 Å². The Labute approximate surface area is 199 Å². The predicted molar refractivity (Wildman–Crippen MR) is 128 cm³/mol. The van der Waals surface area contributed by atoms with Crippen molar-refractivity contribution in [2.45, 2.75) is 19.9 Å². The van der Waals surface area contributed by atoms with Crippen molar-refractivity contribution in [2.75, 3.05) is 41.1 Å². The van der Waals surface area contributed by atoms with Gasteiger partial charge in [0, 0.05) is 6.42 Å². The molecule has 2 heterocycles. The Morgan fingerprint density at radius 1 is 1.06 bits per heavy atom. The summed E-state index contributed by atoms with van der Waals surface area (Å²) in [6.45, 7) is 3.42. The maximum Gasteiger partial charge on any atom is 0.361 e. The zero-order chi connectivity index (χ0) is 24.3. The Balaban J connectivity index is 1.71. The summed E-state index contributed by atoms with van der Waals surface area (Å²) >= 11 is 0. The van der Waals surface area contributed by atoms with Crippen molar-refractivity contribution in [3.63, 3.8) is 0 Å². The van der Waals surface area contributed by atoms with Gasteiger partial charge < -0.3 is 23.4 Å². The highest BCUT2D eigenvalue weighted by molar-refractivity contribution is 6.09. The van der Waals surface area contributed by atoms with Gasteiger partial charge in [0.25, 0.3) is 0 Å². The molecular weight excluding hydrogens is 434 g/mol. The second-order valence-corrected chi connectivity index (χ2v) is 8.91. The van der Waals surface area contributed by atoms with Gasteiger partial charge in [0.15, 0.2) is 23.8 Å². The van der Waals surface area contributed by atoms with Crippen LogP contribution >= 0.6 is 0 Å². The van der Waals surface area contributed by atoms with Crippen molar-refractivity contribution < 1.29 is 33.0 Å². The van der Waals surface area contributed by atoms with Crippen molar-refractivity contribution in [3.8, 4) is 17.2 Å². The summed E-state index contributed by atoms with van der Waals surface area (Å²) in [5.74, 6) is 1.02. The second kappa shape index (κ2) is 9.73. The van der Waals surface area contributed by atoms with E-state index >= 15 is 0 Å². The average Bonchev–Trinajstić information content (AvgIpc) is 3.30. The number of fused-ring (bicyclic) bond motifs is 2. The Morgan fingerprint density at radius 2 is 1.79 bits per heavy atom. The molecule has 4 rings (SSSR count). The van der Waals surface area contributed by atoms with E-state index < -0.39 is 0 Å². The van der Waals surface area contributed by atoms with E-state index in [-0.39, 0.29) is 25.1 Å². The van der Waals surface area contributed by atoms with Crippen LogP contribution in [0.15, 0.2) is 48.1 Å². The number of carbonyl (C=O) groups excluding carboxylic acids is 2. The molecule has 0 saturated carbocycles. The fourth-order valence-electron chi connectivity index (χ4n) is 4.62. The van der Waals surface area contributed by atoms with Crippen LogP contribution in [0.4, 0.5) is 0 Å². The van der Waals surface area contributed by atoms with Crippen LogP contribution in [-0.2, 0) is 22.5 Å². The van der Waals surface area contributed by atoms with Crippen LogP contribution < -0.4 is 14.2 Å². The minimum atomic E-state index is -0.273. The maximum atomic E-state index is 13.4. The Morgan fingerprint density at radius 3 is 2.50 bits per heavy atom. The highest BCUT2D eigenvalue weighted by Gasteiger charge is 2.40. The fourth-order valence-corrected chi connectivity index (χ4v) is 4.62. The highest BCUT2D eigenvalue weighted by Crippen LogP contribution is 2.50. The summed E-state index contributed by atoms with van der Waals surface area (Å²) in [6, 6.07) is 9.95. The van der Waals surface area contributed by atoms with Crippen molar-refractivity contribution in [3.05, 3.63) is 70.3 Å². The number of hydrogen-bond acceptors (Lipinski definition) is 6. The molecule has 0 N–H and O–H groups in total. The molecule has 0 fully saturated rings. The molecule has 2 aromatic carbocycles. The summed E-state index contributed by atoms with van der Waals surface area (Å²) < 4.78 is 22.5. The largest absolute Gasteiger partial charge is 0.492 e. The molecule has 34 heavy (non-hydrogen) atoms. The molecule has 7 heteroatoms. The summed E-state index contributed by atoms with van der Waals surface area (Å²) in [5, 5.41) is 0. The summed E-state index contributed by atoms with van der Waals surface area (Å²) in [7, 11) is 4.97. The van der Waals surface area contributed by atoms with Gasteiger partial charge in [-0.25, -0.2) is 4.79 Å². The number of benzene rings is 2. The summed E-state index contributed by atoms with van der Waals surface area (Å²) in [5.41, 5.74) is 4.30. The number of ketones is 1. The lowest BCUT2D eigenvalue weighted by Gasteiger charge is -2.38.